The van der Waals surface area contributed by atoms with Crippen LogP contribution in [0.3, 0.4) is 0 Å². The van der Waals surface area contributed by atoms with Gasteiger partial charge in [0, 0.05) is 26.6 Å². The number of rotatable bonds is 2. The summed E-state index contributed by atoms with van der Waals surface area (Å²) in [7, 11) is 5.19. The van der Waals surface area contributed by atoms with Crippen LogP contribution in [0.1, 0.15) is 23.7 Å². The second-order valence-corrected chi connectivity index (χ2v) is 4.45. The molecule has 1 fully saturated rings. The van der Waals surface area contributed by atoms with E-state index in [9.17, 15) is 4.79 Å². The smallest absolute Gasteiger partial charge is 0.224 e. The molecule has 2 N–H and O–H groups in total. The number of aromatic nitrogens is 2. The highest BCUT2D eigenvalue weighted by Crippen LogP contribution is 2.37. The third kappa shape index (κ3) is 1.68. The summed E-state index contributed by atoms with van der Waals surface area (Å²) in [6.45, 7) is 1.90. The summed E-state index contributed by atoms with van der Waals surface area (Å²) in [6.07, 6.45) is 0.374. The predicted molar refractivity (Wildman–Crippen MR) is 62.6 cm³/mol. The lowest BCUT2D eigenvalue weighted by molar-refractivity contribution is -0.127. The highest BCUT2D eigenvalue weighted by molar-refractivity contribution is 5.80. The Kier molecular flexibility index (Phi) is 2.82. The molecule has 2 atom stereocenters. The summed E-state index contributed by atoms with van der Waals surface area (Å²) >= 11 is 0. The van der Waals surface area contributed by atoms with Gasteiger partial charge in [-0.2, -0.15) is 5.10 Å². The minimum absolute atomic E-state index is 0.0628. The Bertz CT molecular complexity index is 455. The topological polar surface area (TPSA) is 73.4 Å². The van der Waals surface area contributed by atoms with Crippen LogP contribution in [0.15, 0.2) is 0 Å². The van der Waals surface area contributed by atoms with Crippen molar-refractivity contribution in [3.05, 3.63) is 11.3 Å². The molecule has 0 spiro atoms. The Hall–Kier alpha value is -1.56. The zero-order valence-corrected chi connectivity index (χ0v) is 10.6. The van der Waals surface area contributed by atoms with E-state index in [1.54, 1.807) is 23.7 Å². The van der Waals surface area contributed by atoms with E-state index in [1.807, 2.05) is 14.0 Å². The van der Waals surface area contributed by atoms with Gasteiger partial charge in [0.25, 0.3) is 0 Å². The van der Waals surface area contributed by atoms with E-state index >= 15 is 0 Å². The number of ether oxygens (including phenoxy) is 1. The molecule has 0 bridgehead atoms. The molecule has 1 aliphatic rings. The lowest BCUT2D eigenvalue weighted by atomic mass is 10.0. The minimum atomic E-state index is -0.204. The van der Waals surface area contributed by atoms with Gasteiger partial charge in [-0.3, -0.25) is 4.79 Å². The Morgan fingerprint density at radius 1 is 1.47 bits per heavy atom. The maximum Gasteiger partial charge on any atom is 0.224 e. The van der Waals surface area contributed by atoms with Crippen molar-refractivity contribution in [1.29, 1.82) is 0 Å². The van der Waals surface area contributed by atoms with E-state index in [1.165, 1.54) is 0 Å². The molecule has 1 aliphatic heterocycles. The third-order valence-corrected chi connectivity index (χ3v) is 3.33. The summed E-state index contributed by atoms with van der Waals surface area (Å²) in [6, 6.07) is -0.351. The molecule has 6 heteroatoms. The van der Waals surface area contributed by atoms with Crippen molar-refractivity contribution in [2.75, 3.05) is 14.2 Å². The van der Waals surface area contributed by atoms with Gasteiger partial charge in [0.15, 0.2) is 0 Å². The van der Waals surface area contributed by atoms with E-state index < -0.39 is 0 Å². The molecule has 6 nitrogen and oxygen atoms in total. The molecule has 17 heavy (non-hydrogen) atoms. The molecular weight excluding hydrogens is 220 g/mol. The van der Waals surface area contributed by atoms with E-state index in [4.69, 9.17) is 10.5 Å². The van der Waals surface area contributed by atoms with Crippen LogP contribution in [0.2, 0.25) is 0 Å². The lowest BCUT2D eigenvalue weighted by Crippen LogP contribution is -2.30. The van der Waals surface area contributed by atoms with E-state index in [0.29, 0.717) is 12.3 Å². The minimum Gasteiger partial charge on any atom is -0.481 e. The first-order chi connectivity index (χ1) is 7.97. The quantitative estimate of drug-likeness (QED) is 0.785. The van der Waals surface area contributed by atoms with Gasteiger partial charge in [-0.25, -0.2) is 4.68 Å². The van der Waals surface area contributed by atoms with Crippen LogP contribution in [-0.4, -0.2) is 40.8 Å². The molecule has 1 aromatic rings. The SMILES string of the molecule is COc1c(C2C(N)CC(=O)N2C)c(C)nn1C. The van der Waals surface area contributed by atoms with Gasteiger partial charge >= 0.3 is 0 Å². The normalized spacial score (nSPS) is 24.5. The number of hydrogen-bond acceptors (Lipinski definition) is 4. The fourth-order valence-electron chi connectivity index (χ4n) is 2.54. The first kappa shape index (κ1) is 11.9. The number of amides is 1. The number of nitrogens with zero attached hydrogens (tertiary/aromatic N) is 3. The molecule has 2 rings (SSSR count). The highest BCUT2D eigenvalue weighted by Gasteiger charge is 2.40. The van der Waals surface area contributed by atoms with Crippen LogP contribution in [0.25, 0.3) is 0 Å². The van der Waals surface area contributed by atoms with Crippen LogP contribution in [0.5, 0.6) is 5.88 Å². The van der Waals surface area contributed by atoms with E-state index in [0.717, 1.165) is 11.3 Å². The Morgan fingerprint density at radius 3 is 2.59 bits per heavy atom. The summed E-state index contributed by atoms with van der Waals surface area (Å²) in [5.41, 5.74) is 7.80. The fourth-order valence-corrected chi connectivity index (χ4v) is 2.54. The Labute approximate surface area is 100 Å². The van der Waals surface area contributed by atoms with Crippen molar-refractivity contribution in [3.63, 3.8) is 0 Å². The standard InChI is InChI=1S/C11H18N4O2/c1-6-9(11(17-4)15(3)13-6)10-7(12)5-8(16)14(10)2/h7,10H,5,12H2,1-4H3. The first-order valence-electron chi connectivity index (χ1n) is 5.56. The predicted octanol–water partition coefficient (Wildman–Crippen LogP) is -0.0324. The highest BCUT2D eigenvalue weighted by atomic mass is 16.5. The molecule has 0 aromatic carbocycles. The third-order valence-electron chi connectivity index (χ3n) is 3.33. The second-order valence-electron chi connectivity index (χ2n) is 4.45. The Balaban J connectivity index is 2.50. The molecule has 94 valence electrons. The van der Waals surface area contributed by atoms with Gasteiger partial charge in [0.1, 0.15) is 0 Å². The molecule has 1 aromatic heterocycles. The van der Waals surface area contributed by atoms with Crippen LogP contribution < -0.4 is 10.5 Å². The summed E-state index contributed by atoms with van der Waals surface area (Å²) in [5.74, 6) is 0.734. The van der Waals surface area contributed by atoms with Crippen LogP contribution in [0.4, 0.5) is 0 Å². The molecule has 2 unspecified atom stereocenters. The molecule has 2 heterocycles. The van der Waals surface area contributed by atoms with Crippen molar-refractivity contribution in [2.45, 2.75) is 25.4 Å². The van der Waals surface area contributed by atoms with Crippen molar-refractivity contribution in [3.8, 4) is 5.88 Å². The van der Waals surface area contributed by atoms with E-state index in [2.05, 4.69) is 5.10 Å². The van der Waals surface area contributed by atoms with Crippen LogP contribution >= 0.6 is 0 Å². The molecule has 1 amide bonds. The van der Waals surface area contributed by atoms with Gasteiger partial charge in [0.05, 0.1) is 24.4 Å². The second kappa shape index (κ2) is 4.03. The number of likely N-dealkylation sites (N-methyl/N-ethyl adjacent to an activating group) is 1. The zero-order valence-electron chi connectivity index (χ0n) is 10.6. The van der Waals surface area contributed by atoms with Crippen molar-refractivity contribution in [1.82, 2.24) is 14.7 Å². The summed E-state index contributed by atoms with van der Waals surface area (Å²) < 4.78 is 7.02. The molecule has 1 saturated heterocycles. The largest absolute Gasteiger partial charge is 0.481 e. The van der Waals surface area contributed by atoms with Gasteiger partial charge in [-0.1, -0.05) is 0 Å². The zero-order chi connectivity index (χ0) is 12.7. The fraction of sp³-hybridized carbons (Fsp3) is 0.636. The number of hydrogen-bond donors (Lipinski definition) is 1. The monoisotopic (exact) mass is 238 g/mol. The van der Waals surface area contributed by atoms with Gasteiger partial charge < -0.3 is 15.4 Å². The number of likely N-dealkylation sites (tertiary alicyclic amines) is 1. The van der Waals surface area contributed by atoms with Gasteiger partial charge in [0.2, 0.25) is 11.8 Å². The van der Waals surface area contributed by atoms with Crippen LogP contribution in [0, 0.1) is 6.92 Å². The van der Waals surface area contributed by atoms with E-state index in [-0.39, 0.29) is 18.0 Å². The van der Waals surface area contributed by atoms with Gasteiger partial charge in [-0.15, -0.1) is 0 Å². The number of carbonyl (C=O) groups excluding carboxylic acids is 1. The van der Waals surface area contributed by atoms with Gasteiger partial charge in [-0.05, 0) is 6.92 Å². The van der Waals surface area contributed by atoms with Crippen molar-refractivity contribution >= 4 is 5.91 Å². The number of nitrogens with two attached hydrogens (primary N) is 1. The number of methoxy groups -OCH3 is 1. The summed E-state index contributed by atoms with van der Waals surface area (Å²) in [4.78, 5) is 13.3. The maximum absolute atomic E-state index is 11.7. The van der Waals surface area contributed by atoms with Crippen molar-refractivity contribution < 1.29 is 9.53 Å². The average Bonchev–Trinajstić information content (AvgIpc) is 2.65. The molecular formula is C11H18N4O2. The average molecular weight is 238 g/mol. The molecule has 0 radical (unpaired) electrons. The first-order valence-corrected chi connectivity index (χ1v) is 5.56. The van der Waals surface area contributed by atoms with Crippen LogP contribution in [-0.2, 0) is 11.8 Å². The number of carbonyl (C=O) groups is 1. The lowest BCUT2D eigenvalue weighted by Gasteiger charge is -2.23. The number of aryl methyl sites for hydroxylation is 2. The molecule has 0 aliphatic carbocycles. The van der Waals surface area contributed by atoms with Crippen molar-refractivity contribution in [2.24, 2.45) is 12.8 Å². The Morgan fingerprint density at radius 2 is 2.12 bits per heavy atom. The summed E-state index contributed by atoms with van der Waals surface area (Å²) in [5, 5.41) is 4.32. The molecule has 0 saturated carbocycles. The maximum atomic E-state index is 11.7.